The number of nitro groups is 1. The van der Waals surface area contributed by atoms with E-state index < -0.39 is 4.92 Å². The molecule has 1 heterocycles. The van der Waals surface area contributed by atoms with Crippen molar-refractivity contribution < 1.29 is 9.72 Å². The lowest BCUT2D eigenvalue weighted by Crippen LogP contribution is -2.06. The second kappa shape index (κ2) is 3.26. The second-order valence-corrected chi connectivity index (χ2v) is 2.80. The Morgan fingerprint density at radius 3 is 3.00 bits per heavy atom. The summed E-state index contributed by atoms with van der Waals surface area (Å²) < 4.78 is 0. The number of amides is 1. The minimum atomic E-state index is -0.637. The normalized spacial score (nSPS) is 9.42. The Morgan fingerprint density at radius 2 is 2.50 bits per heavy atom. The Bertz CT molecular complexity index is 321. The summed E-state index contributed by atoms with van der Waals surface area (Å²) in [6.45, 7) is 1.28. The van der Waals surface area contributed by atoms with Gasteiger partial charge in [-0.15, -0.1) is 0 Å². The van der Waals surface area contributed by atoms with Crippen LogP contribution in [0.2, 0.25) is 0 Å². The van der Waals surface area contributed by atoms with Crippen molar-refractivity contribution in [2.75, 3.05) is 5.32 Å². The summed E-state index contributed by atoms with van der Waals surface area (Å²) in [5, 5.41) is 12.7. The zero-order valence-electron chi connectivity index (χ0n) is 6.10. The van der Waals surface area contributed by atoms with Gasteiger partial charge in [0.05, 0.1) is 0 Å². The molecule has 12 heavy (non-hydrogen) atoms. The highest BCUT2D eigenvalue weighted by atomic mass is 32.1. The molecule has 0 bridgehead atoms. The number of thiazole rings is 1. The van der Waals surface area contributed by atoms with Gasteiger partial charge in [-0.25, -0.2) is 0 Å². The van der Waals surface area contributed by atoms with Gasteiger partial charge in [-0.1, -0.05) is 11.3 Å². The summed E-state index contributed by atoms with van der Waals surface area (Å²) in [7, 11) is 0. The molecule has 1 N–H and O–H groups in total. The number of hydrogen-bond acceptors (Lipinski definition) is 5. The molecule has 64 valence electrons. The molecule has 0 radical (unpaired) electrons. The Hall–Kier alpha value is -1.50. The zero-order chi connectivity index (χ0) is 9.14. The summed E-state index contributed by atoms with van der Waals surface area (Å²) in [4.78, 5) is 23.6. The summed E-state index contributed by atoms with van der Waals surface area (Å²) in [5.41, 5.74) is 1.31. The third-order valence-corrected chi connectivity index (χ3v) is 1.74. The lowest BCUT2D eigenvalue weighted by Gasteiger charge is -1.95. The lowest BCUT2D eigenvalue weighted by atomic mass is 10.6. The predicted molar refractivity (Wildman–Crippen MR) is 43.1 cm³/mol. The number of nitrogens with zero attached hydrogens (tertiary/aromatic N) is 2. The van der Waals surface area contributed by atoms with Crippen molar-refractivity contribution in [1.29, 1.82) is 0 Å². The minimum absolute atomic E-state index is 0.174. The maximum Gasteiger partial charge on any atom is 0.398 e. The van der Waals surface area contributed by atoms with Gasteiger partial charge in [0, 0.05) is 6.92 Å². The maximum atomic E-state index is 10.5. The fourth-order valence-corrected chi connectivity index (χ4v) is 1.31. The zero-order valence-corrected chi connectivity index (χ0v) is 6.92. The van der Waals surface area contributed by atoms with Gasteiger partial charge in [-0.2, -0.15) is 0 Å². The third kappa shape index (κ3) is 1.76. The minimum Gasteiger partial charge on any atom is -0.358 e. The van der Waals surface area contributed by atoms with Crippen molar-refractivity contribution in [3.8, 4) is 0 Å². The molecule has 6 nitrogen and oxygen atoms in total. The first-order valence-corrected chi connectivity index (χ1v) is 3.84. The van der Waals surface area contributed by atoms with E-state index in [1.165, 1.54) is 12.4 Å². The summed E-state index contributed by atoms with van der Waals surface area (Å²) in [5.74, 6) is -0.655. The van der Waals surface area contributed by atoms with Crippen molar-refractivity contribution >= 4 is 28.1 Å². The van der Waals surface area contributed by atoms with Crippen molar-refractivity contribution in [2.45, 2.75) is 6.92 Å². The molecule has 0 aliphatic heterocycles. The molecule has 0 saturated carbocycles. The van der Waals surface area contributed by atoms with E-state index in [0.29, 0.717) is 0 Å². The van der Waals surface area contributed by atoms with Crippen LogP contribution in [0.25, 0.3) is 0 Å². The van der Waals surface area contributed by atoms with Crippen molar-refractivity contribution in [1.82, 2.24) is 4.98 Å². The molecule has 7 heteroatoms. The second-order valence-electron chi connectivity index (χ2n) is 1.94. The smallest absolute Gasteiger partial charge is 0.358 e. The topological polar surface area (TPSA) is 85.1 Å². The molecule has 0 atom stereocenters. The molecule has 0 aliphatic carbocycles. The van der Waals surface area contributed by atoms with Crippen LogP contribution in [0, 0.1) is 10.1 Å². The molecule has 0 unspecified atom stereocenters. The summed E-state index contributed by atoms with van der Waals surface area (Å²) >= 11 is 1.02. The van der Waals surface area contributed by atoms with Gasteiger partial charge in [0.15, 0.2) is 10.5 Å². The first kappa shape index (κ1) is 8.60. The summed E-state index contributed by atoms with van der Waals surface area (Å²) in [6.07, 6.45) is 0. The number of aromatic nitrogens is 1. The third-order valence-electron chi connectivity index (χ3n) is 1.01. The SMILES string of the molecule is CC(=O)Nc1scnc1[N+](=O)[O-]. The molecule has 0 saturated heterocycles. The molecule has 0 fully saturated rings. The van der Waals surface area contributed by atoms with Crippen LogP contribution < -0.4 is 5.32 Å². The van der Waals surface area contributed by atoms with Crippen LogP contribution in [0.3, 0.4) is 0 Å². The Balaban J connectivity index is 2.91. The molecule has 0 aliphatic rings. The fraction of sp³-hybridized carbons (Fsp3) is 0.200. The van der Waals surface area contributed by atoms with Crippen molar-refractivity contribution in [3.63, 3.8) is 0 Å². The van der Waals surface area contributed by atoms with Gasteiger partial charge >= 0.3 is 5.82 Å². The predicted octanol–water partition coefficient (Wildman–Crippen LogP) is 1.01. The Kier molecular flexibility index (Phi) is 2.34. The van der Waals surface area contributed by atoms with Gasteiger partial charge in [0.2, 0.25) is 5.91 Å². The van der Waals surface area contributed by atoms with E-state index in [-0.39, 0.29) is 16.7 Å². The lowest BCUT2D eigenvalue weighted by molar-refractivity contribution is -0.388. The Labute approximate surface area is 71.4 Å². The van der Waals surface area contributed by atoms with Crippen molar-refractivity contribution in [2.24, 2.45) is 0 Å². The highest BCUT2D eigenvalue weighted by Gasteiger charge is 2.17. The largest absolute Gasteiger partial charge is 0.398 e. The van der Waals surface area contributed by atoms with E-state index in [1.807, 2.05) is 0 Å². The molecule has 0 aromatic carbocycles. The number of carbonyl (C=O) groups excluding carboxylic acids is 1. The van der Waals surface area contributed by atoms with E-state index >= 15 is 0 Å². The highest BCUT2D eigenvalue weighted by molar-refractivity contribution is 7.14. The quantitative estimate of drug-likeness (QED) is 0.553. The Morgan fingerprint density at radius 1 is 1.83 bits per heavy atom. The van der Waals surface area contributed by atoms with Gasteiger partial charge in [0.25, 0.3) is 0 Å². The summed E-state index contributed by atoms with van der Waals surface area (Å²) in [6, 6.07) is 0. The van der Waals surface area contributed by atoms with Gasteiger partial charge in [0.1, 0.15) is 0 Å². The van der Waals surface area contributed by atoms with Crippen LogP contribution in [0.1, 0.15) is 6.92 Å². The standard InChI is InChI=1S/C5H5N3O3S/c1-3(9)7-5-4(8(10)11)6-2-12-5/h2H,1H3,(H,7,9). The molecular weight excluding hydrogens is 182 g/mol. The van der Waals surface area contributed by atoms with Crippen LogP contribution >= 0.6 is 11.3 Å². The van der Waals surface area contributed by atoms with Crippen LogP contribution in [-0.4, -0.2) is 15.8 Å². The number of anilines is 1. The highest BCUT2D eigenvalue weighted by Crippen LogP contribution is 2.26. The number of nitrogens with one attached hydrogen (secondary N) is 1. The molecule has 1 aromatic heterocycles. The van der Waals surface area contributed by atoms with Gasteiger partial charge < -0.3 is 15.4 Å². The monoisotopic (exact) mass is 187 g/mol. The van der Waals surface area contributed by atoms with E-state index in [4.69, 9.17) is 0 Å². The van der Waals surface area contributed by atoms with Crippen molar-refractivity contribution in [3.05, 3.63) is 15.6 Å². The molecule has 1 rings (SSSR count). The first-order valence-electron chi connectivity index (χ1n) is 2.96. The molecule has 1 aromatic rings. The van der Waals surface area contributed by atoms with E-state index in [9.17, 15) is 14.9 Å². The van der Waals surface area contributed by atoms with Gasteiger partial charge in [-0.3, -0.25) is 4.79 Å². The number of carbonyl (C=O) groups is 1. The van der Waals surface area contributed by atoms with Crippen LogP contribution in [0.15, 0.2) is 5.51 Å². The fourth-order valence-electron chi connectivity index (χ4n) is 0.616. The number of rotatable bonds is 2. The average molecular weight is 187 g/mol. The maximum absolute atomic E-state index is 10.5. The molecule has 1 amide bonds. The van der Waals surface area contributed by atoms with Crippen LogP contribution in [0.4, 0.5) is 10.8 Å². The van der Waals surface area contributed by atoms with E-state index in [2.05, 4.69) is 10.3 Å². The molecule has 0 spiro atoms. The van der Waals surface area contributed by atoms with E-state index in [0.717, 1.165) is 11.3 Å². The first-order chi connectivity index (χ1) is 5.61. The van der Waals surface area contributed by atoms with Crippen LogP contribution in [0.5, 0.6) is 0 Å². The molecular formula is C5H5N3O3S. The van der Waals surface area contributed by atoms with Gasteiger partial charge in [-0.05, 0) is 9.91 Å². The van der Waals surface area contributed by atoms with Crippen LogP contribution in [-0.2, 0) is 4.79 Å². The van der Waals surface area contributed by atoms with E-state index in [1.54, 1.807) is 0 Å². The average Bonchev–Trinajstić information content (AvgIpc) is 2.33. The number of hydrogen-bond donors (Lipinski definition) is 1.